The maximum absolute atomic E-state index is 12.6. The average molecular weight is 372 g/mol. The van der Waals surface area contributed by atoms with Crippen LogP contribution in [0.15, 0.2) is 41.0 Å². The summed E-state index contributed by atoms with van der Waals surface area (Å²) in [4.78, 5) is 20.4. The number of carbonyl (C=O) groups excluding carboxylic acids is 1. The van der Waals surface area contributed by atoms with Gasteiger partial charge in [-0.3, -0.25) is 0 Å². The summed E-state index contributed by atoms with van der Waals surface area (Å²) < 4.78 is 5.40. The molecule has 0 spiro atoms. The number of hydrogen-bond donors (Lipinski definition) is 0. The van der Waals surface area contributed by atoms with Crippen molar-refractivity contribution in [1.82, 2.24) is 14.8 Å². The Labute approximate surface area is 158 Å². The molecule has 26 heavy (non-hydrogen) atoms. The molecule has 0 atom stereocenters. The Morgan fingerprint density at radius 3 is 2.62 bits per heavy atom. The fraction of sp³-hybridized carbons (Fsp3) is 0.300. The molecular formula is C20H22ClN3O2. The van der Waals surface area contributed by atoms with Crippen molar-refractivity contribution in [3.05, 3.63) is 64.2 Å². The van der Waals surface area contributed by atoms with Gasteiger partial charge in [0.15, 0.2) is 0 Å². The van der Waals surface area contributed by atoms with Gasteiger partial charge in [-0.15, -0.1) is 0 Å². The number of benzene rings is 1. The number of hydrogen-bond acceptors (Lipinski definition) is 3. The minimum Gasteiger partial charge on any atom is -0.467 e. The van der Waals surface area contributed by atoms with Crippen LogP contribution in [0, 0.1) is 13.8 Å². The van der Waals surface area contributed by atoms with E-state index >= 15 is 0 Å². The summed E-state index contributed by atoms with van der Waals surface area (Å²) in [5, 5.41) is 1.44. The predicted molar refractivity (Wildman–Crippen MR) is 103 cm³/mol. The third-order valence-electron chi connectivity index (χ3n) is 4.22. The number of aromatic nitrogens is 1. The highest BCUT2D eigenvalue weighted by molar-refractivity contribution is 6.30. The highest BCUT2D eigenvalue weighted by Gasteiger charge is 2.20. The lowest BCUT2D eigenvalue weighted by Crippen LogP contribution is -2.38. The van der Waals surface area contributed by atoms with Crippen LogP contribution in [0.5, 0.6) is 0 Å². The second-order valence-electron chi connectivity index (χ2n) is 6.70. The van der Waals surface area contributed by atoms with E-state index in [1.165, 1.54) is 5.56 Å². The molecular weight excluding hydrogens is 350 g/mol. The van der Waals surface area contributed by atoms with Crippen molar-refractivity contribution in [3.63, 3.8) is 0 Å². The number of pyridine rings is 1. The molecule has 0 saturated carbocycles. The largest absolute Gasteiger partial charge is 0.467 e. The first-order valence-electron chi connectivity index (χ1n) is 8.40. The van der Waals surface area contributed by atoms with Gasteiger partial charge in [-0.1, -0.05) is 23.2 Å². The Morgan fingerprint density at radius 2 is 1.96 bits per heavy atom. The van der Waals surface area contributed by atoms with Crippen LogP contribution in [0.4, 0.5) is 4.79 Å². The molecule has 136 valence electrons. The smallest absolute Gasteiger partial charge is 0.320 e. The van der Waals surface area contributed by atoms with Gasteiger partial charge in [-0.05, 0) is 43.7 Å². The van der Waals surface area contributed by atoms with Gasteiger partial charge in [0.1, 0.15) is 10.9 Å². The monoisotopic (exact) mass is 371 g/mol. The molecule has 0 fully saturated rings. The zero-order valence-corrected chi connectivity index (χ0v) is 16.2. The summed E-state index contributed by atoms with van der Waals surface area (Å²) in [6.45, 7) is 4.80. The molecule has 3 aromatic rings. The van der Waals surface area contributed by atoms with Crippen molar-refractivity contribution < 1.29 is 9.21 Å². The van der Waals surface area contributed by atoms with Crippen LogP contribution in [-0.2, 0) is 13.1 Å². The van der Waals surface area contributed by atoms with Crippen LogP contribution in [-0.4, -0.2) is 34.9 Å². The van der Waals surface area contributed by atoms with E-state index in [0.29, 0.717) is 18.2 Å². The summed E-state index contributed by atoms with van der Waals surface area (Å²) in [5.74, 6) is 0.719. The van der Waals surface area contributed by atoms with Crippen LogP contribution in [0.3, 0.4) is 0 Å². The number of rotatable bonds is 4. The van der Waals surface area contributed by atoms with Crippen molar-refractivity contribution in [2.75, 3.05) is 14.1 Å². The fourth-order valence-electron chi connectivity index (χ4n) is 3.05. The van der Waals surface area contributed by atoms with Crippen molar-refractivity contribution in [3.8, 4) is 0 Å². The molecule has 0 saturated heterocycles. The van der Waals surface area contributed by atoms with E-state index in [-0.39, 0.29) is 6.03 Å². The van der Waals surface area contributed by atoms with E-state index in [4.69, 9.17) is 16.0 Å². The molecule has 2 amide bonds. The fourth-order valence-corrected chi connectivity index (χ4v) is 3.25. The zero-order chi connectivity index (χ0) is 18.8. The number of nitrogens with zero attached hydrogens (tertiary/aromatic N) is 3. The molecule has 6 heteroatoms. The number of furan rings is 1. The SMILES string of the molecule is Cc1cc(C)c2nc(Cl)c(CN(Cc3ccco3)C(=O)N(C)C)cc2c1. The minimum atomic E-state index is -0.113. The highest BCUT2D eigenvalue weighted by atomic mass is 35.5. The van der Waals surface area contributed by atoms with E-state index in [2.05, 4.69) is 24.0 Å². The highest BCUT2D eigenvalue weighted by Crippen LogP contribution is 2.26. The summed E-state index contributed by atoms with van der Waals surface area (Å²) >= 11 is 6.44. The second-order valence-corrected chi connectivity index (χ2v) is 7.06. The summed E-state index contributed by atoms with van der Waals surface area (Å²) in [6.07, 6.45) is 1.60. The number of fused-ring (bicyclic) bond motifs is 1. The maximum Gasteiger partial charge on any atom is 0.320 e. The van der Waals surface area contributed by atoms with E-state index in [1.807, 2.05) is 25.1 Å². The first-order valence-corrected chi connectivity index (χ1v) is 8.78. The Morgan fingerprint density at radius 1 is 1.19 bits per heavy atom. The number of amides is 2. The van der Waals surface area contributed by atoms with E-state index in [0.717, 1.165) is 27.8 Å². The Kier molecular flexibility index (Phi) is 5.18. The van der Waals surface area contributed by atoms with E-state index in [1.54, 1.807) is 30.2 Å². The molecule has 0 bridgehead atoms. The van der Waals surface area contributed by atoms with Gasteiger partial charge < -0.3 is 14.2 Å². The van der Waals surface area contributed by atoms with Gasteiger partial charge >= 0.3 is 6.03 Å². The zero-order valence-electron chi connectivity index (χ0n) is 15.4. The van der Waals surface area contributed by atoms with Crippen LogP contribution in [0.2, 0.25) is 5.15 Å². The van der Waals surface area contributed by atoms with E-state index < -0.39 is 0 Å². The maximum atomic E-state index is 12.6. The number of halogens is 1. The lowest BCUT2D eigenvalue weighted by atomic mass is 10.1. The van der Waals surface area contributed by atoms with Gasteiger partial charge in [0.2, 0.25) is 0 Å². The molecule has 0 unspecified atom stereocenters. The molecule has 0 N–H and O–H groups in total. The Hall–Kier alpha value is -2.53. The second kappa shape index (κ2) is 7.38. The van der Waals surface area contributed by atoms with Crippen molar-refractivity contribution in [2.24, 2.45) is 0 Å². The molecule has 5 nitrogen and oxygen atoms in total. The van der Waals surface area contributed by atoms with Crippen LogP contribution >= 0.6 is 11.6 Å². The van der Waals surface area contributed by atoms with Crippen LogP contribution in [0.25, 0.3) is 10.9 Å². The Bertz CT molecular complexity index is 936. The molecule has 0 aliphatic carbocycles. The molecule has 2 aromatic heterocycles. The topological polar surface area (TPSA) is 49.6 Å². The van der Waals surface area contributed by atoms with Crippen LogP contribution < -0.4 is 0 Å². The lowest BCUT2D eigenvalue weighted by molar-refractivity contribution is 0.161. The molecule has 2 heterocycles. The summed E-state index contributed by atoms with van der Waals surface area (Å²) in [5.41, 5.74) is 3.96. The Balaban J connectivity index is 1.97. The molecule has 0 radical (unpaired) electrons. The number of carbonyl (C=O) groups is 1. The summed E-state index contributed by atoms with van der Waals surface area (Å²) in [7, 11) is 3.45. The number of urea groups is 1. The summed E-state index contributed by atoms with van der Waals surface area (Å²) in [6, 6.07) is 9.73. The third-order valence-corrected chi connectivity index (χ3v) is 4.55. The van der Waals surface area contributed by atoms with E-state index in [9.17, 15) is 4.79 Å². The van der Waals surface area contributed by atoms with Crippen LogP contribution in [0.1, 0.15) is 22.5 Å². The quantitative estimate of drug-likeness (QED) is 0.620. The average Bonchev–Trinajstić information content (AvgIpc) is 3.08. The van der Waals surface area contributed by atoms with Gasteiger partial charge in [-0.2, -0.15) is 0 Å². The first kappa shape index (κ1) is 18.3. The lowest BCUT2D eigenvalue weighted by Gasteiger charge is -2.26. The number of aryl methyl sites for hydroxylation is 2. The van der Waals surface area contributed by atoms with Gasteiger partial charge in [0, 0.05) is 25.0 Å². The third kappa shape index (κ3) is 3.83. The van der Waals surface area contributed by atoms with Crippen molar-refractivity contribution >= 4 is 28.5 Å². The minimum absolute atomic E-state index is 0.113. The van der Waals surface area contributed by atoms with Gasteiger partial charge in [0.05, 0.1) is 24.9 Å². The van der Waals surface area contributed by atoms with Gasteiger partial charge in [0.25, 0.3) is 0 Å². The molecule has 0 aliphatic heterocycles. The van der Waals surface area contributed by atoms with Crippen molar-refractivity contribution in [2.45, 2.75) is 26.9 Å². The van der Waals surface area contributed by atoms with Gasteiger partial charge in [-0.25, -0.2) is 9.78 Å². The standard InChI is InChI=1S/C20H22ClN3O2/c1-13-8-14(2)18-15(9-13)10-16(19(21)22-18)11-24(20(25)23(3)4)12-17-6-5-7-26-17/h5-10H,11-12H2,1-4H3. The van der Waals surface area contributed by atoms with Crippen molar-refractivity contribution in [1.29, 1.82) is 0 Å². The predicted octanol–water partition coefficient (Wildman–Crippen LogP) is 4.78. The normalized spacial score (nSPS) is 11.0. The first-order chi connectivity index (χ1) is 12.3. The molecule has 3 rings (SSSR count). The molecule has 0 aliphatic rings. The molecule has 1 aromatic carbocycles.